The molecule has 0 bridgehead atoms. The number of anilines is 1. The Kier molecular flexibility index (Phi) is 6.11. The van der Waals surface area contributed by atoms with Crippen LogP contribution in [0.1, 0.15) is 19.8 Å². The number of carbonyl (C=O) groups excluding carboxylic acids is 2. The Bertz CT molecular complexity index is 622. The predicted octanol–water partition coefficient (Wildman–Crippen LogP) is 3.32. The molecule has 1 heterocycles. The predicted molar refractivity (Wildman–Crippen MR) is 91.8 cm³/mol. The summed E-state index contributed by atoms with van der Waals surface area (Å²) in [5, 5.41) is 6.28. The number of halogens is 2. The molecule has 2 amide bonds. The smallest absolute Gasteiger partial charge is 0.240 e. The highest BCUT2D eigenvalue weighted by Crippen LogP contribution is 2.26. The lowest BCUT2D eigenvalue weighted by atomic mass is 10.2. The number of benzene rings is 1. The maximum absolute atomic E-state index is 12.0. The number of rotatable bonds is 5. The first-order valence-corrected chi connectivity index (χ1v) is 8.40. The van der Waals surface area contributed by atoms with Gasteiger partial charge in [-0.2, -0.15) is 0 Å². The standard InChI is InChI=1S/C14H15Cl2N3O2S/c1-2-5-17-14-19-13(21)11(22-14)7-12(20)18-8-3-4-9(15)10(16)6-8/h3-4,6,11H,2,5,7H2,1H3,(H,18,20)(H,17,19,21)/t11-/m1/s1. The highest BCUT2D eigenvalue weighted by molar-refractivity contribution is 8.15. The first-order chi connectivity index (χ1) is 10.5. The number of aliphatic imine (C=N–C) groups is 1. The Morgan fingerprint density at radius 1 is 1.41 bits per heavy atom. The zero-order valence-electron chi connectivity index (χ0n) is 11.9. The molecule has 1 aliphatic heterocycles. The van der Waals surface area contributed by atoms with Crippen LogP contribution in [0.25, 0.3) is 0 Å². The highest BCUT2D eigenvalue weighted by Gasteiger charge is 2.31. The second kappa shape index (κ2) is 7.85. The fraction of sp³-hybridized carbons (Fsp3) is 0.357. The number of hydrogen-bond acceptors (Lipinski definition) is 4. The summed E-state index contributed by atoms with van der Waals surface area (Å²) >= 11 is 13.0. The Balaban J connectivity index is 1.92. The van der Waals surface area contributed by atoms with Gasteiger partial charge in [0.05, 0.1) is 10.0 Å². The number of amidine groups is 1. The lowest BCUT2D eigenvalue weighted by Gasteiger charge is -2.08. The topological polar surface area (TPSA) is 70.6 Å². The number of hydrogen-bond donors (Lipinski definition) is 2. The molecule has 118 valence electrons. The van der Waals surface area contributed by atoms with Gasteiger partial charge in [-0.25, -0.2) is 0 Å². The number of carbonyl (C=O) groups is 2. The van der Waals surface area contributed by atoms with Crippen LogP contribution in [0.5, 0.6) is 0 Å². The van der Waals surface area contributed by atoms with Gasteiger partial charge < -0.3 is 10.6 Å². The number of nitrogens with zero attached hydrogens (tertiary/aromatic N) is 1. The van der Waals surface area contributed by atoms with Crippen LogP contribution in [0.15, 0.2) is 23.2 Å². The Labute approximate surface area is 142 Å². The summed E-state index contributed by atoms with van der Waals surface area (Å²) in [6.07, 6.45) is 0.976. The van der Waals surface area contributed by atoms with Crippen LogP contribution in [0, 0.1) is 0 Å². The monoisotopic (exact) mass is 359 g/mol. The van der Waals surface area contributed by atoms with E-state index < -0.39 is 5.25 Å². The zero-order chi connectivity index (χ0) is 16.1. The van der Waals surface area contributed by atoms with Gasteiger partial charge in [0.2, 0.25) is 11.8 Å². The van der Waals surface area contributed by atoms with E-state index >= 15 is 0 Å². The molecule has 0 saturated carbocycles. The summed E-state index contributed by atoms with van der Waals surface area (Å²) in [4.78, 5) is 28.1. The largest absolute Gasteiger partial charge is 0.326 e. The van der Waals surface area contributed by atoms with Crippen molar-refractivity contribution in [1.82, 2.24) is 5.32 Å². The third-order valence-electron chi connectivity index (χ3n) is 2.83. The van der Waals surface area contributed by atoms with Gasteiger partial charge in [-0.3, -0.25) is 14.6 Å². The normalized spacial score (nSPS) is 19.3. The SMILES string of the molecule is CCCN=C1NC(=O)[C@@H](CC(=O)Nc2ccc(Cl)c(Cl)c2)S1. The third kappa shape index (κ3) is 4.63. The van der Waals surface area contributed by atoms with Gasteiger partial charge in [-0.15, -0.1) is 0 Å². The molecule has 0 aromatic heterocycles. The fourth-order valence-electron chi connectivity index (χ4n) is 1.78. The van der Waals surface area contributed by atoms with Crippen LogP contribution in [-0.2, 0) is 9.59 Å². The van der Waals surface area contributed by atoms with Gasteiger partial charge in [0.1, 0.15) is 5.25 Å². The van der Waals surface area contributed by atoms with Crippen molar-refractivity contribution < 1.29 is 9.59 Å². The molecule has 1 atom stereocenters. The molecule has 0 aliphatic carbocycles. The Morgan fingerprint density at radius 2 is 2.18 bits per heavy atom. The lowest BCUT2D eigenvalue weighted by molar-refractivity contribution is -0.122. The zero-order valence-corrected chi connectivity index (χ0v) is 14.2. The van der Waals surface area contributed by atoms with Crippen molar-refractivity contribution in [1.29, 1.82) is 0 Å². The number of amides is 2. The van der Waals surface area contributed by atoms with E-state index in [9.17, 15) is 9.59 Å². The fourth-order valence-corrected chi connectivity index (χ4v) is 3.08. The molecule has 0 spiro atoms. The molecular weight excluding hydrogens is 345 g/mol. The van der Waals surface area contributed by atoms with Gasteiger partial charge in [-0.1, -0.05) is 41.9 Å². The van der Waals surface area contributed by atoms with Crippen molar-refractivity contribution in [3.8, 4) is 0 Å². The second-order valence-electron chi connectivity index (χ2n) is 4.66. The van der Waals surface area contributed by atoms with Crippen molar-refractivity contribution in [2.24, 2.45) is 4.99 Å². The molecule has 8 heteroatoms. The minimum Gasteiger partial charge on any atom is -0.326 e. The second-order valence-corrected chi connectivity index (χ2v) is 6.67. The molecular formula is C14H15Cl2N3O2S. The van der Waals surface area contributed by atoms with E-state index in [0.29, 0.717) is 27.4 Å². The molecule has 22 heavy (non-hydrogen) atoms. The highest BCUT2D eigenvalue weighted by atomic mass is 35.5. The van der Waals surface area contributed by atoms with E-state index in [2.05, 4.69) is 15.6 Å². The van der Waals surface area contributed by atoms with Crippen LogP contribution >= 0.6 is 35.0 Å². The summed E-state index contributed by atoms with van der Waals surface area (Å²) in [5.41, 5.74) is 0.544. The number of thioether (sulfide) groups is 1. The molecule has 5 nitrogen and oxygen atoms in total. The maximum Gasteiger partial charge on any atom is 0.240 e. The molecule has 2 N–H and O–H groups in total. The quantitative estimate of drug-likeness (QED) is 0.846. The lowest BCUT2D eigenvalue weighted by Crippen LogP contribution is -2.28. The van der Waals surface area contributed by atoms with Crippen molar-refractivity contribution >= 4 is 57.6 Å². The van der Waals surface area contributed by atoms with Gasteiger partial charge >= 0.3 is 0 Å². The minimum atomic E-state index is -0.460. The van der Waals surface area contributed by atoms with E-state index in [0.717, 1.165) is 6.42 Å². The van der Waals surface area contributed by atoms with E-state index in [-0.39, 0.29) is 18.2 Å². The van der Waals surface area contributed by atoms with E-state index in [4.69, 9.17) is 23.2 Å². The Morgan fingerprint density at radius 3 is 2.86 bits per heavy atom. The summed E-state index contributed by atoms with van der Waals surface area (Å²) in [6.45, 7) is 2.67. The molecule has 1 fully saturated rings. The van der Waals surface area contributed by atoms with Crippen molar-refractivity contribution in [3.63, 3.8) is 0 Å². The summed E-state index contributed by atoms with van der Waals surface area (Å²) in [7, 11) is 0. The minimum absolute atomic E-state index is 0.0713. The van der Waals surface area contributed by atoms with E-state index in [1.165, 1.54) is 11.8 Å². The van der Waals surface area contributed by atoms with E-state index in [1.807, 2.05) is 6.92 Å². The van der Waals surface area contributed by atoms with Gasteiger partial charge in [0.25, 0.3) is 0 Å². The van der Waals surface area contributed by atoms with E-state index in [1.54, 1.807) is 18.2 Å². The van der Waals surface area contributed by atoms with Crippen molar-refractivity contribution in [3.05, 3.63) is 28.2 Å². The molecule has 0 radical (unpaired) electrons. The maximum atomic E-state index is 12.0. The van der Waals surface area contributed by atoms with Crippen molar-refractivity contribution in [2.75, 3.05) is 11.9 Å². The first kappa shape index (κ1) is 17.1. The average molecular weight is 360 g/mol. The van der Waals surface area contributed by atoms with Crippen LogP contribution in [-0.4, -0.2) is 28.8 Å². The van der Waals surface area contributed by atoms with Crippen LogP contribution < -0.4 is 10.6 Å². The van der Waals surface area contributed by atoms with Crippen LogP contribution in [0.3, 0.4) is 0 Å². The molecule has 1 saturated heterocycles. The van der Waals surface area contributed by atoms with Crippen molar-refractivity contribution in [2.45, 2.75) is 25.0 Å². The van der Waals surface area contributed by atoms with Crippen LogP contribution in [0.4, 0.5) is 5.69 Å². The van der Waals surface area contributed by atoms with Crippen LogP contribution in [0.2, 0.25) is 10.0 Å². The third-order valence-corrected chi connectivity index (χ3v) is 4.69. The average Bonchev–Trinajstić information content (AvgIpc) is 2.81. The summed E-state index contributed by atoms with van der Waals surface area (Å²) in [6, 6.07) is 4.83. The van der Waals surface area contributed by atoms with Gasteiger partial charge in [-0.05, 0) is 24.6 Å². The molecule has 1 aliphatic rings. The first-order valence-electron chi connectivity index (χ1n) is 6.76. The molecule has 0 unspecified atom stereocenters. The Hall–Kier alpha value is -1.24. The van der Waals surface area contributed by atoms with Gasteiger partial charge in [0.15, 0.2) is 5.17 Å². The summed E-state index contributed by atoms with van der Waals surface area (Å²) < 4.78 is 0. The summed E-state index contributed by atoms with van der Waals surface area (Å²) in [5.74, 6) is -0.452. The molecule has 1 aromatic rings. The molecule has 1 aromatic carbocycles. The molecule has 2 rings (SSSR count). The number of nitrogens with one attached hydrogen (secondary N) is 2. The van der Waals surface area contributed by atoms with Gasteiger partial charge in [0, 0.05) is 18.7 Å².